The first-order valence-electron chi connectivity index (χ1n) is 12.8. The summed E-state index contributed by atoms with van der Waals surface area (Å²) in [6, 6.07) is 14.0. The highest BCUT2D eigenvalue weighted by Gasteiger charge is 2.21. The molecule has 0 bridgehead atoms. The Balaban J connectivity index is 1.40. The van der Waals surface area contributed by atoms with E-state index in [1.807, 2.05) is 66.9 Å². The molecule has 3 heterocycles. The zero-order chi connectivity index (χ0) is 26.5. The van der Waals surface area contributed by atoms with E-state index in [-0.39, 0.29) is 11.9 Å². The lowest BCUT2D eigenvalue weighted by atomic mass is 10.1. The molecule has 1 fully saturated rings. The van der Waals surface area contributed by atoms with Crippen molar-refractivity contribution in [2.45, 2.75) is 25.8 Å². The van der Waals surface area contributed by atoms with Crippen molar-refractivity contribution >= 4 is 46.0 Å². The van der Waals surface area contributed by atoms with E-state index in [9.17, 15) is 4.79 Å². The molecule has 1 atom stereocenters. The van der Waals surface area contributed by atoms with Crippen molar-refractivity contribution in [2.24, 2.45) is 5.73 Å². The maximum absolute atomic E-state index is 13.2. The summed E-state index contributed by atoms with van der Waals surface area (Å²) in [5.41, 5.74) is 10.1. The highest BCUT2D eigenvalue weighted by Crippen LogP contribution is 2.40. The van der Waals surface area contributed by atoms with E-state index in [0.717, 1.165) is 60.2 Å². The number of amides is 1. The number of nitrogens with two attached hydrogens (primary N) is 1. The van der Waals surface area contributed by atoms with Gasteiger partial charge >= 0.3 is 0 Å². The maximum Gasteiger partial charge on any atom is 0.266 e. The van der Waals surface area contributed by atoms with E-state index >= 15 is 0 Å². The van der Waals surface area contributed by atoms with Crippen LogP contribution in [0.4, 0.5) is 5.69 Å². The number of methoxy groups -OCH3 is 1. The molecule has 0 unspecified atom stereocenters. The van der Waals surface area contributed by atoms with Gasteiger partial charge in [0.15, 0.2) is 11.5 Å². The van der Waals surface area contributed by atoms with E-state index in [0.29, 0.717) is 28.7 Å². The molecule has 1 saturated heterocycles. The number of carbonyl (C=O) groups excluding carboxylic acids is 1. The van der Waals surface area contributed by atoms with Crippen LogP contribution in [0.2, 0.25) is 0 Å². The van der Waals surface area contributed by atoms with Crippen LogP contribution in [0.3, 0.4) is 0 Å². The van der Waals surface area contributed by atoms with Crippen molar-refractivity contribution in [1.29, 1.82) is 0 Å². The zero-order valence-electron chi connectivity index (χ0n) is 21.7. The number of nitrogens with one attached hydrogen (secondary N) is 2. The van der Waals surface area contributed by atoms with E-state index in [4.69, 9.17) is 15.2 Å². The average molecular weight is 532 g/mol. The van der Waals surface area contributed by atoms with Crippen LogP contribution in [-0.2, 0) is 0 Å². The summed E-state index contributed by atoms with van der Waals surface area (Å²) in [5, 5.41) is 13.5. The lowest BCUT2D eigenvalue weighted by Crippen LogP contribution is -2.28. The zero-order valence-corrected chi connectivity index (χ0v) is 22.5. The van der Waals surface area contributed by atoms with Gasteiger partial charge in [0, 0.05) is 30.1 Å². The topological polar surface area (TPSA) is 106 Å². The van der Waals surface area contributed by atoms with Crippen molar-refractivity contribution in [3.05, 3.63) is 69.5 Å². The predicted octanol–water partition coefficient (Wildman–Crippen LogP) is 5.17. The van der Waals surface area contributed by atoms with Crippen LogP contribution < -0.4 is 20.5 Å². The third-order valence-electron chi connectivity index (χ3n) is 6.77. The van der Waals surface area contributed by atoms with E-state index in [1.165, 1.54) is 11.3 Å². The fourth-order valence-corrected chi connectivity index (χ4v) is 5.58. The number of H-pyrrole nitrogens is 1. The second kappa shape index (κ2) is 11.8. The second-order valence-corrected chi connectivity index (χ2v) is 10.4. The van der Waals surface area contributed by atoms with Gasteiger partial charge in [-0.15, -0.1) is 11.3 Å². The minimum Gasteiger partial charge on any atom is -0.491 e. The molecule has 0 spiro atoms. The van der Waals surface area contributed by atoms with Crippen LogP contribution in [0.25, 0.3) is 23.1 Å². The highest BCUT2D eigenvalue weighted by molar-refractivity contribution is 7.12. The summed E-state index contributed by atoms with van der Waals surface area (Å²) in [7, 11) is 1.59. The molecule has 198 valence electrons. The molecular formula is C29H33N5O3S. The van der Waals surface area contributed by atoms with Crippen LogP contribution in [0, 0.1) is 6.92 Å². The quantitative estimate of drug-likeness (QED) is 0.244. The number of aryl methyl sites for hydroxylation is 1. The summed E-state index contributed by atoms with van der Waals surface area (Å²) in [6.07, 6.45) is 5.79. The van der Waals surface area contributed by atoms with Crippen LogP contribution in [0.5, 0.6) is 11.5 Å². The number of hydrogen-bond donors (Lipinski definition) is 3. The van der Waals surface area contributed by atoms with Gasteiger partial charge in [-0.3, -0.25) is 9.89 Å². The molecule has 9 heteroatoms. The molecule has 2 aromatic carbocycles. The minimum atomic E-state index is -0.182. The third-order valence-corrected chi connectivity index (χ3v) is 7.79. The van der Waals surface area contributed by atoms with Crippen molar-refractivity contribution in [1.82, 2.24) is 15.1 Å². The normalized spacial score (nSPS) is 15.9. The maximum atomic E-state index is 13.2. The lowest BCUT2D eigenvalue weighted by Gasteiger charge is -2.19. The molecule has 1 aliphatic heterocycles. The molecule has 4 N–H and O–H groups in total. The Morgan fingerprint density at radius 1 is 1.26 bits per heavy atom. The molecule has 2 aromatic heterocycles. The van der Waals surface area contributed by atoms with Gasteiger partial charge in [0.25, 0.3) is 5.91 Å². The van der Waals surface area contributed by atoms with Gasteiger partial charge in [0.05, 0.1) is 35.5 Å². The summed E-state index contributed by atoms with van der Waals surface area (Å²) in [5.74, 6) is 0.897. The number of rotatable bonds is 10. The van der Waals surface area contributed by atoms with E-state index in [2.05, 4.69) is 20.4 Å². The number of benzene rings is 2. The summed E-state index contributed by atoms with van der Waals surface area (Å²) >= 11 is 1.41. The second-order valence-electron chi connectivity index (χ2n) is 9.49. The van der Waals surface area contributed by atoms with Crippen molar-refractivity contribution < 1.29 is 14.3 Å². The molecule has 0 saturated carbocycles. The fourth-order valence-electron chi connectivity index (χ4n) is 4.75. The van der Waals surface area contributed by atoms with Gasteiger partial charge in [0.1, 0.15) is 0 Å². The summed E-state index contributed by atoms with van der Waals surface area (Å²) < 4.78 is 11.9. The van der Waals surface area contributed by atoms with E-state index < -0.39 is 0 Å². The van der Waals surface area contributed by atoms with Gasteiger partial charge < -0.3 is 25.4 Å². The highest BCUT2D eigenvalue weighted by atomic mass is 32.1. The minimum absolute atomic E-state index is 0.182. The number of carbonyl (C=O) groups is 1. The third kappa shape index (κ3) is 5.75. The number of ether oxygens (including phenoxy) is 2. The van der Waals surface area contributed by atoms with Crippen molar-refractivity contribution in [2.75, 3.05) is 38.7 Å². The summed E-state index contributed by atoms with van der Waals surface area (Å²) in [4.78, 5) is 16.2. The number of hydrogen-bond acceptors (Lipinski definition) is 7. The number of para-hydroxylation sites is 1. The number of nitrogens with zero attached hydrogens (tertiary/aromatic N) is 2. The molecule has 8 nitrogen and oxygen atoms in total. The van der Waals surface area contributed by atoms with Crippen LogP contribution >= 0.6 is 11.3 Å². The van der Waals surface area contributed by atoms with Crippen LogP contribution in [-0.4, -0.2) is 60.4 Å². The first-order chi connectivity index (χ1) is 18.5. The monoisotopic (exact) mass is 531 g/mol. The smallest absolute Gasteiger partial charge is 0.266 e. The summed E-state index contributed by atoms with van der Waals surface area (Å²) in [6.45, 7) is 5.38. The van der Waals surface area contributed by atoms with Crippen molar-refractivity contribution in [3.63, 3.8) is 0 Å². The molecule has 1 amide bonds. The average Bonchev–Trinajstić information content (AvgIpc) is 3.65. The number of thiophene rings is 1. The Morgan fingerprint density at radius 2 is 2.13 bits per heavy atom. The lowest BCUT2D eigenvalue weighted by molar-refractivity contribution is 0.102. The molecule has 0 aliphatic carbocycles. The van der Waals surface area contributed by atoms with Gasteiger partial charge in [-0.1, -0.05) is 24.3 Å². The first-order valence-corrected chi connectivity index (χ1v) is 13.7. The SMILES string of the molecule is COc1c(OCCCN2CC[C@@H](N)C2)ccc(C=Cc2n[nH]c3ccccc23)c1NC(=O)c1sccc1C. The largest absolute Gasteiger partial charge is 0.491 e. The van der Waals surface area contributed by atoms with E-state index in [1.54, 1.807) is 7.11 Å². The molecule has 38 heavy (non-hydrogen) atoms. The van der Waals surface area contributed by atoms with Crippen LogP contribution in [0.1, 0.15) is 39.3 Å². The van der Waals surface area contributed by atoms with Gasteiger partial charge in [0.2, 0.25) is 0 Å². The number of aromatic nitrogens is 2. The standard InChI is InChI=1S/C29H33N5O3S/c1-19-13-17-38-28(19)29(35)31-26-20(8-10-24-22-6-3-4-7-23(22)32-33-24)9-11-25(27(26)36-2)37-16-5-14-34-15-12-21(30)18-34/h3-4,6-11,13,17,21H,5,12,14-16,18,30H2,1-2H3,(H,31,35)(H,32,33)/t21-/m1/s1. The molecule has 5 rings (SSSR count). The van der Waals surface area contributed by atoms with Gasteiger partial charge in [-0.25, -0.2) is 0 Å². The fraction of sp³-hybridized carbons (Fsp3) is 0.310. The van der Waals surface area contributed by atoms with Gasteiger partial charge in [-0.05, 0) is 67.6 Å². The Labute approximate surface area is 226 Å². The Kier molecular flexibility index (Phi) is 8.07. The van der Waals surface area contributed by atoms with Crippen LogP contribution in [0.15, 0.2) is 47.8 Å². The molecular weight excluding hydrogens is 498 g/mol. The Morgan fingerprint density at radius 3 is 2.89 bits per heavy atom. The molecule has 1 aliphatic rings. The first kappa shape index (κ1) is 26.0. The molecule has 4 aromatic rings. The van der Waals surface area contributed by atoms with Crippen molar-refractivity contribution in [3.8, 4) is 11.5 Å². The number of aromatic amines is 1. The Hall–Kier alpha value is -3.66. The predicted molar refractivity (Wildman–Crippen MR) is 154 cm³/mol. The number of anilines is 1. The number of likely N-dealkylation sites (tertiary alicyclic amines) is 1. The molecule has 0 radical (unpaired) electrons. The Bertz CT molecular complexity index is 1440. The van der Waals surface area contributed by atoms with Gasteiger partial charge in [-0.2, -0.15) is 5.10 Å². The number of fused-ring (bicyclic) bond motifs is 1.